The molecule has 1 amide bonds. The molecular weight excluding hydrogens is 305 g/mol. The third-order valence-electron chi connectivity index (χ3n) is 3.87. The molecule has 1 saturated heterocycles. The highest BCUT2D eigenvalue weighted by atomic mass is 32.1. The standard InChI is InChI=1S/C12H15F3N4OS/c13-12(14,15)11(3-4-11)18-9(20)7-8(16)17-10(21-7)19-5-1-2-6-19/h1-6,16H2,(H,18,20). The molecule has 5 nitrogen and oxygen atoms in total. The quantitative estimate of drug-likeness (QED) is 0.895. The summed E-state index contributed by atoms with van der Waals surface area (Å²) in [7, 11) is 0. The molecule has 0 atom stereocenters. The Labute approximate surface area is 123 Å². The molecule has 3 rings (SSSR count). The van der Waals surface area contributed by atoms with Crippen molar-refractivity contribution in [2.45, 2.75) is 37.4 Å². The van der Waals surface area contributed by atoms with Crippen LogP contribution in [0.4, 0.5) is 24.1 Å². The number of nitrogen functional groups attached to an aromatic ring is 1. The lowest BCUT2D eigenvalue weighted by atomic mass is 10.2. The van der Waals surface area contributed by atoms with Crippen molar-refractivity contribution in [1.82, 2.24) is 10.3 Å². The monoisotopic (exact) mass is 320 g/mol. The maximum absolute atomic E-state index is 12.9. The molecule has 21 heavy (non-hydrogen) atoms. The minimum absolute atomic E-state index is 0.00243. The van der Waals surface area contributed by atoms with E-state index in [-0.39, 0.29) is 23.5 Å². The summed E-state index contributed by atoms with van der Waals surface area (Å²) < 4.78 is 38.6. The van der Waals surface area contributed by atoms with Crippen LogP contribution in [0, 0.1) is 0 Å². The third-order valence-corrected chi connectivity index (χ3v) is 5.00. The first-order valence-corrected chi connectivity index (χ1v) is 7.54. The summed E-state index contributed by atoms with van der Waals surface area (Å²) in [5, 5.41) is 2.68. The largest absolute Gasteiger partial charge is 0.411 e. The number of anilines is 2. The zero-order chi connectivity index (χ0) is 15.3. The number of hydrogen-bond acceptors (Lipinski definition) is 5. The zero-order valence-corrected chi connectivity index (χ0v) is 12.0. The van der Waals surface area contributed by atoms with Crippen LogP contribution in [0.3, 0.4) is 0 Å². The molecule has 1 aliphatic carbocycles. The Morgan fingerprint density at radius 1 is 1.33 bits per heavy atom. The highest BCUT2D eigenvalue weighted by molar-refractivity contribution is 7.18. The Balaban J connectivity index is 1.76. The van der Waals surface area contributed by atoms with Crippen LogP contribution in [-0.4, -0.2) is 35.7 Å². The van der Waals surface area contributed by atoms with Crippen molar-refractivity contribution in [3.8, 4) is 0 Å². The Morgan fingerprint density at radius 3 is 2.48 bits per heavy atom. The predicted octanol–water partition coefficient (Wildman–Crippen LogP) is 2.15. The van der Waals surface area contributed by atoms with E-state index in [2.05, 4.69) is 10.3 Å². The zero-order valence-electron chi connectivity index (χ0n) is 11.2. The van der Waals surface area contributed by atoms with E-state index in [1.165, 1.54) is 0 Å². The van der Waals surface area contributed by atoms with Crippen LogP contribution in [-0.2, 0) is 0 Å². The molecule has 116 valence electrons. The van der Waals surface area contributed by atoms with Gasteiger partial charge >= 0.3 is 6.18 Å². The molecule has 0 radical (unpaired) electrons. The molecule has 1 aliphatic heterocycles. The van der Waals surface area contributed by atoms with Crippen LogP contribution in [0.2, 0.25) is 0 Å². The summed E-state index contributed by atoms with van der Waals surface area (Å²) in [5.41, 5.74) is 3.61. The van der Waals surface area contributed by atoms with Crippen molar-refractivity contribution < 1.29 is 18.0 Å². The van der Waals surface area contributed by atoms with Gasteiger partial charge in [0, 0.05) is 13.1 Å². The van der Waals surface area contributed by atoms with Crippen molar-refractivity contribution in [2.24, 2.45) is 0 Å². The first kappa shape index (κ1) is 14.4. The molecule has 9 heteroatoms. The Bertz CT molecular complexity index is 561. The molecular formula is C12H15F3N4OS. The molecule has 0 unspecified atom stereocenters. The van der Waals surface area contributed by atoms with Crippen molar-refractivity contribution in [3.63, 3.8) is 0 Å². The van der Waals surface area contributed by atoms with E-state index in [0.29, 0.717) is 5.13 Å². The number of amides is 1. The highest BCUT2D eigenvalue weighted by Gasteiger charge is 2.64. The summed E-state index contributed by atoms with van der Waals surface area (Å²) in [4.78, 5) is 18.2. The van der Waals surface area contributed by atoms with Gasteiger partial charge in [-0.15, -0.1) is 0 Å². The number of thiazole rings is 1. The predicted molar refractivity (Wildman–Crippen MR) is 73.5 cm³/mol. The minimum Gasteiger partial charge on any atom is -0.382 e. The van der Waals surface area contributed by atoms with Crippen LogP contribution in [0.1, 0.15) is 35.4 Å². The van der Waals surface area contributed by atoms with Crippen LogP contribution >= 0.6 is 11.3 Å². The van der Waals surface area contributed by atoms with Gasteiger partial charge in [0.1, 0.15) is 16.2 Å². The van der Waals surface area contributed by atoms with Crippen molar-refractivity contribution in [2.75, 3.05) is 23.7 Å². The van der Waals surface area contributed by atoms with Gasteiger partial charge in [-0.05, 0) is 25.7 Å². The summed E-state index contributed by atoms with van der Waals surface area (Å²) >= 11 is 1.05. The number of nitrogens with two attached hydrogens (primary N) is 1. The van der Waals surface area contributed by atoms with E-state index >= 15 is 0 Å². The Hall–Kier alpha value is -1.51. The topological polar surface area (TPSA) is 71.2 Å². The lowest BCUT2D eigenvalue weighted by Crippen LogP contribution is -2.47. The molecule has 1 aromatic heterocycles. The number of nitrogens with zero attached hydrogens (tertiary/aromatic N) is 2. The van der Waals surface area contributed by atoms with Crippen LogP contribution in [0.15, 0.2) is 0 Å². The second-order valence-corrected chi connectivity index (χ2v) is 6.42. The lowest BCUT2D eigenvalue weighted by Gasteiger charge is -2.20. The van der Waals surface area contributed by atoms with Gasteiger partial charge in [0.15, 0.2) is 5.13 Å². The normalized spacial score (nSPS) is 20.6. The number of rotatable bonds is 3. The van der Waals surface area contributed by atoms with Gasteiger partial charge in [-0.1, -0.05) is 11.3 Å². The molecule has 0 aromatic carbocycles. The SMILES string of the molecule is Nc1nc(N2CCCC2)sc1C(=O)NC1(C(F)(F)F)CC1. The smallest absolute Gasteiger partial charge is 0.382 e. The van der Waals surface area contributed by atoms with Crippen molar-refractivity contribution in [1.29, 1.82) is 0 Å². The van der Waals surface area contributed by atoms with Gasteiger partial charge in [0.2, 0.25) is 0 Å². The molecule has 2 fully saturated rings. The molecule has 0 bridgehead atoms. The van der Waals surface area contributed by atoms with E-state index in [9.17, 15) is 18.0 Å². The number of alkyl halides is 3. The average molecular weight is 320 g/mol. The van der Waals surface area contributed by atoms with Crippen LogP contribution in [0.5, 0.6) is 0 Å². The maximum Gasteiger partial charge on any atom is 0.411 e. The minimum atomic E-state index is -4.43. The van der Waals surface area contributed by atoms with E-state index in [0.717, 1.165) is 37.3 Å². The fourth-order valence-corrected chi connectivity index (χ4v) is 3.34. The average Bonchev–Trinajstić information content (AvgIpc) is 2.87. The number of halogens is 3. The molecule has 3 N–H and O–H groups in total. The summed E-state index contributed by atoms with van der Waals surface area (Å²) in [5.74, 6) is -0.789. The highest BCUT2D eigenvalue weighted by Crippen LogP contribution is 2.49. The molecule has 2 aliphatic rings. The van der Waals surface area contributed by atoms with E-state index in [1.54, 1.807) is 0 Å². The third kappa shape index (κ3) is 2.54. The molecule has 1 aromatic rings. The second-order valence-electron chi connectivity index (χ2n) is 5.44. The molecule has 2 heterocycles. The van der Waals surface area contributed by atoms with Crippen LogP contribution < -0.4 is 16.0 Å². The van der Waals surface area contributed by atoms with Crippen LogP contribution in [0.25, 0.3) is 0 Å². The van der Waals surface area contributed by atoms with E-state index in [4.69, 9.17) is 5.73 Å². The molecule has 0 spiro atoms. The number of nitrogens with one attached hydrogen (secondary N) is 1. The maximum atomic E-state index is 12.9. The summed E-state index contributed by atoms with van der Waals surface area (Å²) in [6, 6.07) is 0. The van der Waals surface area contributed by atoms with Gasteiger partial charge in [-0.2, -0.15) is 13.2 Å². The second kappa shape index (κ2) is 4.75. The van der Waals surface area contributed by atoms with E-state index in [1.807, 2.05) is 4.90 Å². The first-order chi connectivity index (χ1) is 9.82. The van der Waals surface area contributed by atoms with Gasteiger partial charge in [-0.3, -0.25) is 4.79 Å². The Kier molecular flexibility index (Phi) is 3.27. The lowest BCUT2D eigenvalue weighted by molar-refractivity contribution is -0.163. The van der Waals surface area contributed by atoms with Crippen molar-refractivity contribution in [3.05, 3.63) is 4.88 Å². The number of hydrogen-bond donors (Lipinski definition) is 2. The summed E-state index contributed by atoms with van der Waals surface area (Å²) in [6.07, 6.45) is -2.52. The van der Waals surface area contributed by atoms with Gasteiger partial charge < -0.3 is 16.0 Å². The Morgan fingerprint density at radius 2 is 1.95 bits per heavy atom. The van der Waals surface area contributed by atoms with Crippen molar-refractivity contribution >= 4 is 28.2 Å². The number of carbonyl (C=O) groups is 1. The fraction of sp³-hybridized carbons (Fsp3) is 0.667. The van der Waals surface area contributed by atoms with Gasteiger partial charge in [0.05, 0.1) is 0 Å². The number of carbonyl (C=O) groups excluding carboxylic acids is 1. The van der Waals surface area contributed by atoms with Gasteiger partial charge in [0.25, 0.3) is 5.91 Å². The molecule has 1 saturated carbocycles. The summed E-state index contributed by atoms with van der Waals surface area (Å²) in [6.45, 7) is 1.67. The fourth-order valence-electron chi connectivity index (χ4n) is 2.40. The number of aromatic nitrogens is 1. The first-order valence-electron chi connectivity index (χ1n) is 6.73. The van der Waals surface area contributed by atoms with E-state index < -0.39 is 17.6 Å². The van der Waals surface area contributed by atoms with Gasteiger partial charge in [-0.25, -0.2) is 4.98 Å².